The van der Waals surface area contributed by atoms with E-state index in [9.17, 15) is 10.2 Å². The van der Waals surface area contributed by atoms with Gasteiger partial charge in [-0.05, 0) is 49.4 Å². The third-order valence-electron chi connectivity index (χ3n) is 3.15. The highest BCUT2D eigenvalue weighted by Crippen LogP contribution is 2.25. The van der Waals surface area contributed by atoms with E-state index < -0.39 is 12.2 Å². The summed E-state index contributed by atoms with van der Waals surface area (Å²) in [5.74, 6) is 0. The number of rotatable bonds is 4. The molecule has 1 rings (SSSR count). The first-order chi connectivity index (χ1) is 7.47. The number of hydrogen-bond acceptors (Lipinski definition) is 2. The second kappa shape index (κ2) is 5.46. The predicted octanol–water partition coefficient (Wildman–Crippen LogP) is 2.81. The summed E-state index contributed by atoms with van der Waals surface area (Å²) in [7, 11) is 0. The molecule has 0 spiro atoms. The van der Waals surface area contributed by atoms with Crippen molar-refractivity contribution < 1.29 is 10.2 Å². The largest absolute Gasteiger partial charge is 0.390 e. The maximum Gasteiger partial charge on any atom is 0.105 e. The molecule has 2 heteroatoms. The van der Waals surface area contributed by atoms with Gasteiger partial charge in [0.1, 0.15) is 6.10 Å². The van der Waals surface area contributed by atoms with Gasteiger partial charge >= 0.3 is 0 Å². The lowest BCUT2D eigenvalue weighted by molar-refractivity contribution is 0.0127. The van der Waals surface area contributed by atoms with Gasteiger partial charge in [0, 0.05) is 0 Å². The van der Waals surface area contributed by atoms with Crippen LogP contribution in [0.5, 0.6) is 0 Å². The number of aryl methyl sites for hydroxylation is 3. The summed E-state index contributed by atoms with van der Waals surface area (Å²) < 4.78 is 0. The van der Waals surface area contributed by atoms with E-state index in [0.717, 1.165) is 23.1 Å². The molecule has 0 radical (unpaired) electrons. The zero-order valence-corrected chi connectivity index (χ0v) is 10.6. The zero-order chi connectivity index (χ0) is 12.3. The Morgan fingerprint density at radius 3 is 2.12 bits per heavy atom. The minimum atomic E-state index is -0.765. The summed E-state index contributed by atoms with van der Waals surface area (Å²) in [4.78, 5) is 0. The van der Waals surface area contributed by atoms with Crippen molar-refractivity contribution in [2.75, 3.05) is 0 Å². The minimum Gasteiger partial charge on any atom is -0.390 e. The molecule has 0 aromatic heterocycles. The first-order valence-electron chi connectivity index (χ1n) is 5.91. The molecule has 90 valence electrons. The quantitative estimate of drug-likeness (QED) is 0.822. The van der Waals surface area contributed by atoms with E-state index >= 15 is 0 Å². The van der Waals surface area contributed by atoms with Crippen molar-refractivity contribution in [2.24, 2.45) is 0 Å². The Kier molecular flexibility index (Phi) is 4.51. The monoisotopic (exact) mass is 222 g/mol. The molecular weight excluding hydrogens is 200 g/mol. The standard InChI is InChI=1S/C14H22O2/c1-5-6-13(15)14(16)12-8-10(3)9(2)7-11(12)4/h7-8,13-16H,5-6H2,1-4H3. The summed E-state index contributed by atoms with van der Waals surface area (Å²) in [6.07, 6.45) is 0.0837. The van der Waals surface area contributed by atoms with Gasteiger partial charge in [0.15, 0.2) is 0 Å². The highest BCUT2D eigenvalue weighted by Gasteiger charge is 2.19. The Balaban J connectivity index is 2.99. The normalized spacial score (nSPS) is 14.9. The topological polar surface area (TPSA) is 40.5 Å². The Bertz CT molecular complexity index is 358. The van der Waals surface area contributed by atoms with Crippen LogP contribution in [-0.2, 0) is 0 Å². The van der Waals surface area contributed by atoms with Gasteiger partial charge in [0.05, 0.1) is 6.10 Å². The average Bonchev–Trinajstić information content (AvgIpc) is 2.23. The van der Waals surface area contributed by atoms with Crippen LogP contribution in [0.25, 0.3) is 0 Å². The highest BCUT2D eigenvalue weighted by molar-refractivity contribution is 5.38. The molecule has 2 N–H and O–H groups in total. The summed E-state index contributed by atoms with van der Waals surface area (Å²) >= 11 is 0. The van der Waals surface area contributed by atoms with Crippen molar-refractivity contribution in [3.05, 3.63) is 34.4 Å². The van der Waals surface area contributed by atoms with Gasteiger partial charge in [-0.1, -0.05) is 25.5 Å². The van der Waals surface area contributed by atoms with E-state index in [1.54, 1.807) is 0 Å². The van der Waals surface area contributed by atoms with E-state index in [-0.39, 0.29) is 0 Å². The van der Waals surface area contributed by atoms with Crippen molar-refractivity contribution in [1.82, 2.24) is 0 Å². The lowest BCUT2D eigenvalue weighted by Gasteiger charge is -2.20. The van der Waals surface area contributed by atoms with Crippen molar-refractivity contribution in [1.29, 1.82) is 0 Å². The van der Waals surface area contributed by atoms with Crippen LogP contribution in [0.15, 0.2) is 12.1 Å². The molecule has 16 heavy (non-hydrogen) atoms. The van der Waals surface area contributed by atoms with E-state index in [1.807, 2.05) is 26.8 Å². The third kappa shape index (κ3) is 2.83. The number of aliphatic hydroxyl groups excluding tert-OH is 2. The molecule has 2 nitrogen and oxygen atoms in total. The van der Waals surface area contributed by atoms with E-state index in [1.165, 1.54) is 5.56 Å². The number of hydrogen-bond donors (Lipinski definition) is 2. The first-order valence-corrected chi connectivity index (χ1v) is 5.91. The number of aliphatic hydroxyl groups is 2. The van der Waals surface area contributed by atoms with Crippen LogP contribution >= 0.6 is 0 Å². The molecule has 0 fully saturated rings. The molecule has 0 aliphatic heterocycles. The SMILES string of the molecule is CCCC(O)C(O)c1cc(C)c(C)cc1C. The Morgan fingerprint density at radius 1 is 1.00 bits per heavy atom. The van der Waals surface area contributed by atoms with Crippen LogP contribution < -0.4 is 0 Å². The summed E-state index contributed by atoms with van der Waals surface area (Å²) in [6.45, 7) is 8.06. The van der Waals surface area contributed by atoms with Gasteiger partial charge < -0.3 is 10.2 Å². The van der Waals surface area contributed by atoms with Gasteiger partial charge in [-0.3, -0.25) is 0 Å². The smallest absolute Gasteiger partial charge is 0.105 e. The Labute approximate surface area is 97.9 Å². The number of benzene rings is 1. The van der Waals surface area contributed by atoms with E-state index in [0.29, 0.717) is 6.42 Å². The molecule has 2 atom stereocenters. The molecule has 0 aliphatic carbocycles. The third-order valence-corrected chi connectivity index (χ3v) is 3.15. The molecule has 1 aromatic carbocycles. The summed E-state index contributed by atoms with van der Waals surface area (Å²) in [5, 5.41) is 19.9. The second-order valence-corrected chi connectivity index (χ2v) is 4.59. The molecule has 1 aromatic rings. The lowest BCUT2D eigenvalue weighted by atomic mass is 9.93. The molecule has 0 heterocycles. The molecule has 0 amide bonds. The van der Waals surface area contributed by atoms with Crippen molar-refractivity contribution >= 4 is 0 Å². The molecule has 0 bridgehead atoms. The second-order valence-electron chi connectivity index (χ2n) is 4.59. The fourth-order valence-electron chi connectivity index (χ4n) is 1.96. The summed E-state index contributed by atoms with van der Waals surface area (Å²) in [5.41, 5.74) is 4.27. The van der Waals surface area contributed by atoms with Gasteiger partial charge in [0.2, 0.25) is 0 Å². The Hall–Kier alpha value is -0.860. The van der Waals surface area contributed by atoms with Crippen LogP contribution in [0.3, 0.4) is 0 Å². The van der Waals surface area contributed by atoms with Crippen LogP contribution in [0.1, 0.15) is 48.1 Å². The molecular formula is C14H22O2. The van der Waals surface area contributed by atoms with Crippen LogP contribution in [-0.4, -0.2) is 16.3 Å². The van der Waals surface area contributed by atoms with Crippen LogP contribution in [0.4, 0.5) is 0 Å². The molecule has 0 saturated heterocycles. The first kappa shape index (κ1) is 13.2. The fourth-order valence-corrected chi connectivity index (χ4v) is 1.96. The Morgan fingerprint density at radius 2 is 1.56 bits per heavy atom. The van der Waals surface area contributed by atoms with E-state index in [4.69, 9.17) is 0 Å². The van der Waals surface area contributed by atoms with Crippen molar-refractivity contribution in [3.63, 3.8) is 0 Å². The van der Waals surface area contributed by atoms with Crippen molar-refractivity contribution in [3.8, 4) is 0 Å². The van der Waals surface area contributed by atoms with Gasteiger partial charge in [-0.25, -0.2) is 0 Å². The van der Waals surface area contributed by atoms with Crippen LogP contribution in [0.2, 0.25) is 0 Å². The maximum atomic E-state index is 10.1. The van der Waals surface area contributed by atoms with E-state index in [2.05, 4.69) is 13.0 Å². The summed E-state index contributed by atoms with van der Waals surface area (Å²) in [6, 6.07) is 4.04. The molecule has 0 aliphatic rings. The average molecular weight is 222 g/mol. The zero-order valence-electron chi connectivity index (χ0n) is 10.6. The maximum absolute atomic E-state index is 10.1. The minimum absolute atomic E-state index is 0.632. The van der Waals surface area contributed by atoms with Crippen molar-refractivity contribution in [2.45, 2.75) is 52.7 Å². The van der Waals surface area contributed by atoms with Gasteiger partial charge in [-0.15, -0.1) is 0 Å². The van der Waals surface area contributed by atoms with Crippen LogP contribution in [0, 0.1) is 20.8 Å². The fraction of sp³-hybridized carbons (Fsp3) is 0.571. The lowest BCUT2D eigenvalue weighted by Crippen LogP contribution is -2.19. The molecule has 2 unspecified atom stereocenters. The predicted molar refractivity (Wildman–Crippen MR) is 66.5 cm³/mol. The molecule has 0 saturated carbocycles. The van der Waals surface area contributed by atoms with Gasteiger partial charge in [0.25, 0.3) is 0 Å². The highest BCUT2D eigenvalue weighted by atomic mass is 16.3. The van der Waals surface area contributed by atoms with Gasteiger partial charge in [-0.2, -0.15) is 0 Å².